The number of benzene rings is 1. The Morgan fingerprint density at radius 3 is 2.47 bits per heavy atom. The quantitative estimate of drug-likeness (QED) is 0.835. The minimum atomic E-state index is 0.572. The van der Waals surface area contributed by atoms with E-state index in [9.17, 15) is 0 Å². The van der Waals surface area contributed by atoms with Gasteiger partial charge in [-0.15, -0.1) is 0 Å². The lowest BCUT2D eigenvalue weighted by atomic mass is 9.86. The number of hydrogen-bond donors (Lipinski definition) is 1. The minimum Gasteiger partial charge on any atom is -0.313 e. The molecule has 1 aromatic rings. The Bertz CT molecular complexity index is 414. The highest BCUT2D eigenvalue weighted by Gasteiger charge is 2.47. The van der Waals surface area contributed by atoms with Crippen molar-refractivity contribution in [3.8, 4) is 0 Å². The van der Waals surface area contributed by atoms with Crippen molar-refractivity contribution in [1.82, 2.24) is 5.32 Å². The summed E-state index contributed by atoms with van der Waals surface area (Å²) in [6.07, 6.45) is 4.41. The van der Waals surface area contributed by atoms with Crippen molar-refractivity contribution in [2.75, 3.05) is 7.05 Å². The first-order valence-electron chi connectivity index (χ1n) is 6.93. The molecule has 2 fully saturated rings. The van der Waals surface area contributed by atoms with Gasteiger partial charge in [0.15, 0.2) is 0 Å². The van der Waals surface area contributed by atoms with Crippen LogP contribution in [0.3, 0.4) is 0 Å². The standard InChI is InChI=1S/C16H23N/c1-10-4-5-11(2)15(6-10)16(17-3)14-8-12-7-13(12)9-14/h4-6,12-14,16-17H,7-9H2,1-3H3. The minimum absolute atomic E-state index is 0.572. The molecule has 2 aliphatic rings. The Kier molecular flexibility index (Phi) is 2.74. The van der Waals surface area contributed by atoms with Crippen LogP contribution in [-0.4, -0.2) is 7.05 Å². The van der Waals surface area contributed by atoms with Crippen LogP contribution in [0.25, 0.3) is 0 Å². The van der Waals surface area contributed by atoms with E-state index in [1.165, 1.54) is 36.0 Å². The smallest absolute Gasteiger partial charge is 0.0349 e. The van der Waals surface area contributed by atoms with Crippen LogP contribution in [0.15, 0.2) is 18.2 Å². The van der Waals surface area contributed by atoms with Crippen LogP contribution in [0, 0.1) is 31.6 Å². The SMILES string of the molecule is CNC(c1cc(C)ccc1C)C1CC2CC2C1. The molecule has 0 aliphatic heterocycles. The summed E-state index contributed by atoms with van der Waals surface area (Å²) in [5, 5.41) is 3.57. The molecule has 17 heavy (non-hydrogen) atoms. The van der Waals surface area contributed by atoms with Gasteiger partial charge in [0.2, 0.25) is 0 Å². The van der Waals surface area contributed by atoms with E-state index in [-0.39, 0.29) is 0 Å². The molecule has 3 atom stereocenters. The Balaban J connectivity index is 1.86. The van der Waals surface area contributed by atoms with Crippen molar-refractivity contribution in [3.63, 3.8) is 0 Å². The van der Waals surface area contributed by atoms with Gasteiger partial charge in [-0.2, -0.15) is 0 Å². The average molecular weight is 229 g/mol. The van der Waals surface area contributed by atoms with Gasteiger partial charge in [0.25, 0.3) is 0 Å². The summed E-state index contributed by atoms with van der Waals surface area (Å²) in [5.41, 5.74) is 4.35. The second-order valence-corrected chi connectivity index (χ2v) is 6.11. The first-order chi connectivity index (χ1) is 8.19. The largest absolute Gasteiger partial charge is 0.313 e. The van der Waals surface area contributed by atoms with E-state index in [4.69, 9.17) is 0 Å². The van der Waals surface area contributed by atoms with Crippen LogP contribution in [0.5, 0.6) is 0 Å². The van der Waals surface area contributed by atoms with Crippen LogP contribution >= 0.6 is 0 Å². The Morgan fingerprint density at radius 1 is 1.12 bits per heavy atom. The van der Waals surface area contributed by atoms with Crippen LogP contribution in [0.4, 0.5) is 0 Å². The molecule has 0 bridgehead atoms. The molecule has 0 aromatic heterocycles. The molecule has 2 aliphatic carbocycles. The van der Waals surface area contributed by atoms with Gasteiger partial charge in [-0.1, -0.05) is 23.8 Å². The second kappa shape index (κ2) is 4.13. The lowest BCUT2D eigenvalue weighted by Gasteiger charge is -2.26. The molecule has 1 nitrogen and oxygen atoms in total. The summed E-state index contributed by atoms with van der Waals surface area (Å²) in [6.45, 7) is 4.44. The highest BCUT2D eigenvalue weighted by atomic mass is 14.9. The van der Waals surface area contributed by atoms with Crippen molar-refractivity contribution in [2.45, 2.75) is 39.2 Å². The number of nitrogens with one attached hydrogen (secondary N) is 1. The van der Waals surface area contributed by atoms with Crippen molar-refractivity contribution < 1.29 is 0 Å². The maximum Gasteiger partial charge on any atom is 0.0349 e. The van der Waals surface area contributed by atoms with E-state index in [1.54, 1.807) is 0 Å². The molecule has 0 amide bonds. The zero-order chi connectivity index (χ0) is 12.0. The van der Waals surface area contributed by atoms with Gasteiger partial charge >= 0.3 is 0 Å². The zero-order valence-corrected chi connectivity index (χ0v) is 11.2. The second-order valence-electron chi connectivity index (χ2n) is 6.11. The third-order valence-corrected chi connectivity index (χ3v) is 4.83. The van der Waals surface area contributed by atoms with Gasteiger partial charge in [-0.05, 0) is 69.0 Å². The lowest BCUT2D eigenvalue weighted by Crippen LogP contribution is -2.25. The van der Waals surface area contributed by atoms with Gasteiger partial charge < -0.3 is 5.32 Å². The van der Waals surface area contributed by atoms with E-state index in [2.05, 4.69) is 44.4 Å². The molecule has 92 valence electrons. The number of fused-ring (bicyclic) bond motifs is 1. The van der Waals surface area contributed by atoms with Gasteiger partial charge in [-0.25, -0.2) is 0 Å². The Hall–Kier alpha value is -0.820. The average Bonchev–Trinajstić information content (AvgIpc) is 2.92. The molecule has 0 saturated heterocycles. The predicted molar refractivity (Wildman–Crippen MR) is 72.0 cm³/mol. The van der Waals surface area contributed by atoms with Crippen LogP contribution < -0.4 is 5.32 Å². The van der Waals surface area contributed by atoms with Gasteiger partial charge in [0, 0.05) is 6.04 Å². The van der Waals surface area contributed by atoms with E-state index in [1.807, 2.05) is 0 Å². The molecular weight excluding hydrogens is 206 g/mol. The molecule has 0 heterocycles. The number of aryl methyl sites for hydroxylation is 2. The van der Waals surface area contributed by atoms with E-state index in [0.717, 1.165) is 17.8 Å². The maximum atomic E-state index is 3.57. The first-order valence-corrected chi connectivity index (χ1v) is 6.93. The molecular formula is C16H23N. The predicted octanol–water partition coefficient (Wildman–Crippen LogP) is 3.61. The van der Waals surface area contributed by atoms with Crippen LogP contribution in [-0.2, 0) is 0 Å². The van der Waals surface area contributed by atoms with Crippen molar-refractivity contribution >= 4 is 0 Å². The lowest BCUT2D eigenvalue weighted by molar-refractivity contribution is 0.358. The van der Waals surface area contributed by atoms with Crippen molar-refractivity contribution in [2.24, 2.45) is 17.8 Å². The monoisotopic (exact) mass is 229 g/mol. The molecule has 0 radical (unpaired) electrons. The fourth-order valence-corrected chi connectivity index (χ4v) is 3.77. The summed E-state index contributed by atoms with van der Waals surface area (Å²) in [5.74, 6) is 3.01. The fourth-order valence-electron chi connectivity index (χ4n) is 3.77. The molecule has 1 N–H and O–H groups in total. The summed E-state index contributed by atoms with van der Waals surface area (Å²) in [4.78, 5) is 0. The maximum absolute atomic E-state index is 3.57. The van der Waals surface area contributed by atoms with E-state index >= 15 is 0 Å². The third-order valence-electron chi connectivity index (χ3n) is 4.83. The molecule has 1 aromatic carbocycles. The van der Waals surface area contributed by atoms with E-state index in [0.29, 0.717) is 6.04 Å². The van der Waals surface area contributed by atoms with Crippen LogP contribution in [0.2, 0.25) is 0 Å². The third kappa shape index (κ3) is 2.01. The normalized spacial score (nSPS) is 32.3. The van der Waals surface area contributed by atoms with Crippen LogP contribution in [0.1, 0.15) is 42.0 Å². The molecule has 2 saturated carbocycles. The fraction of sp³-hybridized carbons (Fsp3) is 0.625. The summed E-state index contributed by atoms with van der Waals surface area (Å²) in [6, 6.07) is 7.44. The summed E-state index contributed by atoms with van der Waals surface area (Å²) < 4.78 is 0. The highest BCUT2D eigenvalue weighted by molar-refractivity contribution is 5.33. The van der Waals surface area contributed by atoms with Crippen molar-refractivity contribution in [1.29, 1.82) is 0 Å². The summed E-state index contributed by atoms with van der Waals surface area (Å²) in [7, 11) is 2.12. The Labute approximate surface area is 105 Å². The Morgan fingerprint density at radius 2 is 1.82 bits per heavy atom. The molecule has 0 spiro atoms. The van der Waals surface area contributed by atoms with Gasteiger partial charge in [-0.3, -0.25) is 0 Å². The zero-order valence-electron chi connectivity index (χ0n) is 11.2. The molecule has 3 rings (SSSR count). The summed E-state index contributed by atoms with van der Waals surface area (Å²) >= 11 is 0. The highest BCUT2D eigenvalue weighted by Crippen LogP contribution is 2.57. The number of hydrogen-bond acceptors (Lipinski definition) is 1. The van der Waals surface area contributed by atoms with E-state index < -0.39 is 0 Å². The topological polar surface area (TPSA) is 12.0 Å². The van der Waals surface area contributed by atoms with Gasteiger partial charge in [0.05, 0.1) is 0 Å². The molecule has 1 heteroatoms. The van der Waals surface area contributed by atoms with Gasteiger partial charge in [0.1, 0.15) is 0 Å². The van der Waals surface area contributed by atoms with Crippen molar-refractivity contribution in [3.05, 3.63) is 34.9 Å². The number of rotatable bonds is 3. The molecule has 3 unspecified atom stereocenters. The first kappa shape index (κ1) is 11.3.